The minimum atomic E-state index is -0.179. The van der Waals surface area contributed by atoms with Gasteiger partial charge in [0.05, 0.1) is 0 Å². The van der Waals surface area contributed by atoms with Crippen LogP contribution in [-0.2, 0) is 0 Å². The summed E-state index contributed by atoms with van der Waals surface area (Å²) in [7, 11) is 0. The number of benzene rings is 2. The highest BCUT2D eigenvalue weighted by atomic mass is 32.1. The zero-order valence-corrected chi connectivity index (χ0v) is 15.1. The molecule has 0 bridgehead atoms. The zero-order valence-electron chi connectivity index (χ0n) is 14.3. The minimum absolute atomic E-state index is 0.179. The van der Waals surface area contributed by atoms with E-state index in [0.29, 0.717) is 10.7 Å². The molecule has 0 aliphatic carbocycles. The number of nitrogens with one attached hydrogen (secondary N) is 1. The molecule has 6 heteroatoms. The van der Waals surface area contributed by atoms with Crippen molar-refractivity contribution in [1.82, 2.24) is 10.2 Å². The molecule has 1 heterocycles. The maximum atomic E-state index is 12.4. The highest BCUT2D eigenvalue weighted by molar-refractivity contribution is 7.18. The molecule has 25 heavy (non-hydrogen) atoms. The first kappa shape index (κ1) is 17.1. The molecule has 1 amide bonds. The first-order chi connectivity index (χ1) is 12.2. The first-order valence-corrected chi connectivity index (χ1v) is 9.08. The number of anilines is 2. The van der Waals surface area contributed by atoms with Crippen molar-refractivity contribution in [2.24, 2.45) is 0 Å². The molecule has 0 atom stereocenters. The average molecular weight is 352 g/mol. The third-order valence-electron chi connectivity index (χ3n) is 3.92. The lowest BCUT2D eigenvalue weighted by atomic mass is 10.2. The van der Waals surface area contributed by atoms with E-state index in [4.69, 9.17) is 0 Å². The number of hydrogen-bond acceptors (Lipinski definition) is 5. The average Bonchev–Trinajstić information content (AvgIpc) is 3.12. The van der Waals surface area contributed by atoms with Crippen LogP contribution in [-0.4, -0.2) is 29.2 Å². The maximum absolute atomic E-state index is 12.4. The highest BCUT2D eigenvalue weighted by Gasteiger charge is 2.12. The Morgan fingerprint density at radius 3 is 2.32 bits per heavy atom. The first-order valence-electron chi connectivity index (χ1n) is 8.26. The summed E-state index contributed by atoms with van der Waals surface area (Å²) in [6.07, 6.45) is 0. The summed E-state index contributed by atoms with van der Waals surface area (Å²) < 4.78 is 0. The van der Waals surface area contributed by atoms with Gasteiger partial charge in [-0.15, -0.1) is 10.2 Å². The molecule has 0 saturated heterocycles. The molecule has 1 N–H and O–H groups in total. The van der Waals surface area contributed by atoms with Gasteiger partial charge in [0, 0.05) is 29.9 Å². The van der Waals surface area contributed by atoms with Gasteiger partial charge in [0.25, 0.3) is 5.91 Å². The van der Waals surface area contributed by atoms with Crippen molar-refractivity contribution in [2.75, 3.05) is 23.3 Å². The van der Waals surface area contributed by atoms with E-state index < -0.39 is 0 Å². The topological polar surface area (TPSA) is 58.1 Å². The molecule has 5 nitrogen and oxygen atoms in total. The van der Waals surface area contributed by atoms with Gasteiger partial charge in [0.15, 0.2) is 0 Å². The summed E-state index contributed by atoms with van der Waals surface area (Å²) in [5, 5.41) is 12.3. The summed E-state index contributed by atoms with van der Waals surface area (Å²) in [5.74, 6) is -0.179. The largest absolute Gasteiger partial charge is 0.372 e. The van der Waals surface area contributed by atoms with Crippen LogP contribution in [0.25, 0.3) is 10.6 Å². The van der Waals surface area contributed by atoms with Crippen molar-refractivity contribution in [3.8, 4) is 10.6 Å². The number of amides is 1. The van der Waals surface area contributed by atoms with Gasteiger partial charge in [-0.05, 0) is 38.1 Å². The Labute approximate surface area is 151 Å². The molecule has 128 valence electrons. The second-order valence-electron chi connectivity index (χ2n) is 5.45. The molecule has 0 fully saturated rings. The minimum Gasteiger partial charge on any atom is -0.372 e. The molecule has 3 aromatic rings. The lowest BCUT2D eigenvalue weighted by Gasteiger charge is -2.20. The van der Waals surface area contributed by atoms with Crippen LogP contribution in [0.1, 0.15) is 24.2 Å². The Kier molecular flexibility index (Phi) is 5.40. The quantitative estimate of drug-likeness (QED) is 0.718. The van der Waals surface area contributed by atoms with Gasteiger partial charge in [0.2, 0.25) is 5.13 Å². The Bertz CT molecular complexity index is 826. The van der Waals surface area contributed by atoms with Crippen LogP contribution in [0.5, 0.6) is 0 Å². The van der Waals surface area contributed by atoms with Gasteiger partial charge in [-0.1, -0.05) is 41.7 Å². The predicted octanol–water partition coefficient (Wildman–Crippen LogP) is 4.30. The zero-order chi connectivity index (χ0) is 17.6. The van der Waals surface area contributed by atoms with Crippen molar-refractivity contribution >= 4 is 28.1 Å². The van der Waals surface area contributed by atoms with E-state index in [0.717, 1.165) is 29.3 Å². The van der Waals surface area contributed by atoms with Gasteiger partial charge < -0.3 is 4.90 Å². The van der Waals surface area contributed by atoms with Gasteiger partial charge >= 0.3 is 0 Å². The Morgan fingerprint density at radius 1 is 1.00 bits per heavy atom. The fourth-order valence-electron chi connectivity index (χ4n) is 2.55. The summed E-state index contributed by atoms with van der Waals surface area (Å²) in [6.45, 7) is 6.11. The summed E-state index contributed by atoms with van der Waals surface area (Å²) in [4.78, 5) is 14.6. The molecule has 0 unspecified atom stereocenters. The number of carbonyl (C=O) groups is 1. The van der Waals surface area contributed by atoms with Crippen molar-refractivity contribution < 1.29 is 4.79 Å². The molecule has 0 aliphatic heterocycles. The molecule has 0 spiro atoms. The van der Waals surface area contributed by atoms with Crippen LogP contribution in [0.15, 0.2) is 54.6 Å². The van der Waals surface area contributed by atoms with Gasteiger partial charge in [-0.25, -0.2) is 0 Å². The molecule has 0 saturated carbocycles. The third-order valence-corrected chi connectivity index (χ3v) is 4.81. The SMILES string of the molecule is CCN(CC)c1ccc(C(=O)Nc2nnc(-c3ccccc3)s2)cc1. The molecule has 0 radical (unpaired) electrons. The molecular weight excluding hydrogens is 332 g/mol. The molecule has 1 aromatic heterocycles. The highest BCUT2D eigenvalue weighted by Crippen LogP contribution is 2.26. The van der Waals surface area contributed by atoms with Crippen LogP contribution in [0, 0.1) is 0 Å². The van der Waals surface area contributed by atoms with E-state index in [-0.39, 0.29) is 5.91 Å². The summed E-state index contributed by atoms with van der Waals surface area (Å²) in [5.41, 5.74) is 2.71. The van der Waals surface area contributed by atoms with Crippen LogP contribution < -0.4 is 10.2 Å². The number of hydrogen-bond donors (Lipinski definition) is 1. The van der Waals surface area contributed by atoms with Crippen LogP contribution in [0.4, 0.5) is 10.8 Å². The normalized spacial score (nSPS) is 10.5. The van der Waals surface area contributed by atoms with Gasteiger partial charge in [-0.3, -0.25) is 10.1 Å². The fourth-order valence-corrected chi connectivity index (χ4v) is 3.30. The van der Waals surface area contributed by atoms with E-state index >= 15 is 0 Å². The number of carbonyl (C=O) groups excluding carboxylic acids is 1. The van der Waals surface area contributed by atoms with E-state index in [2.05, 4.69) is 34.3 Å². The van der Waals surface area contributed by atoms with E-state index in [9.17, 15) is 4.79 Å². The molecule has 3 rings (SSSR count). The Balaban J connectivity index is 1.69. The van der Waals surface area contributed by atoms with E-state index in [1.807, 2.05) is 54.6 Å². The molecule has 0 aliphatic rings. The molecular formula is C19H20N4OS. The van der Waals surface area contributed by atoms with Crippen molar-refractivity contribution in [2.45, 2.75) is 13.8 Å². The monoisotopic (exact) mass is 352 g/mol. The standard InChI is InChI=1S/C19H20N4OS/c1-3-23(4-2)16-12-10-14(11-13-16)17(24)20-19-22-21-18(25-19)15-8-6-5-7-9-15/h5-13H,3-4H2,1-2H3,(H,20,22,24). The van der Waals surface area contributed by atoms with Crippen LogP contribution in [0.3, 0.4) is 0 Å². The summed E-state index contributed by atoms with van der Waals surface area (Å²) >= 11 is 1.36. The van der Waals surface area contributed by atoms with Crippen LogP contribution >= 0.6 is 11.3 Å². The number of rotatable bonds is 6. The lowest BCUT2D eigenvalue weighted by Crippen LogP contribution is -2.21. The van der Waals surface area contributed by atoms with Crippen molar-refractivity contribution in [1.29, 1.82) is 0 Å². The number of nitrogens with zero attached hydrogens (tertiary/aromatic N) is 3. The van der Waals surface area contributed by atoms with Crippen LogP contribution in [0.2, 0.25) is 0 Å². The number of aromatic nitrogens is 2. The van der Waals surface area contributed by atoms with Gasteiger partial charge in [0.1, 0.15) is 5.01 Å². The van der Waals surface area contributed by atoms with Crippen molar-refractivity contribution in [3.63, 3.8) is 0 Å². The second-order valence-corrected chi connectivity index (χ2v) is 6.43. The van der Waals surface area contributed by atoms with E-state index in [1.165, 1.54) is 11.3 Å². The Morgan fingerprint density at radius 2 is 1.68 bits per heavy atom. The van der Waals surface area contributed by atoms with E-state index in [1.54, 1.807) is 0 Å². The smallest absolute Gasteiger partial charge is 0.257 e. The Hall–Kier alpha value is -2.73. The fraction of sp³-hybridized carbons (Fsp3) is 0.211. The molecule has 2 aromatic carbocycles. The predicted molar refractivity (Wildman–Crippen MR) is 103 cm³/mol. The van der Waals surface area contributed by atoms with Gasteiger partial charge in [-0.2, -0.15) is 0 Å². The second kappa shape index (κ2) is 7.90. The van der Waals surface area contributed by atoms with Crippen molar-refractivity contribution in [3.05, 3.63) is 60.2 Å². The lowest BCUT2D eigenvalue weighted by molar-refractivity contribution is 0.102. The summed E-state index contributed by atoms with van der Waals surface area (Å²) in [6, 6.07) is 17.4. The third kappa shape index (κ3) is 4.03. The maximum Gasteiger partial charge on any atom is 0.257 e.